The Morgan fingerprint density at radius 2 is 1.70 bits per heavy atom. The summed E-state index contributed by atoms with van der Waals surface area (Å²) in [5.41, 5.74) is 4.89. The number of hydrogen-bond donors (Lipinski definition) is 1. The van der Waals surface area contributed by atoms with Crippen molar-refractivity contribution in [2.75, 3.05) is 5.73 Å². The van der Waals surface area contributed by atoms with E-state index in [4.69, 9.17) is 15.7 Å². The molecule has 0 spiro atoms. The van der Waals surface area contributed by atoms with Crippen molar-refractivity contribution in [2.45, 2.75) is 6.18 Å². The molecule has 0 aliphatic rings. The molecular formula is C14H9F3N2O. The molecule has 0 unspecified atom stereocenters. The zero-order valence-corrected chi connectivity index (χ0v) is 10.1. The van der Waals surface area contributed by atoms with Gasteiger partial charge in [-0.3, -0.25) is 0 Å². The molecule has 0 aliphatic carbocycles. The Labute approximate surface area is 113 Å². The van der Waals surface area contributed by atoms with E-state index < -0.39 is 11.7 Å². The van der Waals surface area contributed by atoms with Crippen LogP contribution >= 0.6 is 0 Å². The number of hydrogen-bond acceptors (Lipinski definition) is 3. The number of ether oxygens (including phenoxy) is 1. The van der Waals surface area contributed by atoms with E-state index in [0.717, 1.165) is 12.1 Å². The summed E-state index contributed by atoms with van der Waals surface area (Å²) < 4.78 is 44.0. The molecule has 2 rings (SSSR count). The summed E-state index contributed by atoms with van der Waals surface area (Å²) in [6.07, 6.45) is -4.60. The summed E-state index contributed by atoms with van der Waals surface area (Å²) in [6, 6.07) is 10.8. The van der Waals surface area contributed by atoms with Crippen molar-refractivity contribution in [3.63, 3.8) is 0 Å². The van der Waals surface area contributed by atoms with Gasteiger partial charge in [-0.15, -0.1) is 0 Å². The molecule has 20 heavy (non-hydrogen) atoms. The lowest BCUT2D eigenvalue weighted by Gasteiger charge is -2.14. The van der Waals surface area contributed by atoms with E-state index in [0.29, 0.717) is 5.69 Å². The van der Waals surface area contributed by atoms with Gasteiger partial charge in [0.2, 0.25) is 0 Å². The number of benzene rings is 2. The quantitative estimate of drug-likeness (QED) is 0.846. The maximum Gasteiger partial charge on any atom is 0.420 e. The summed E-state index contributed by atoms with van der Waals surface area (Å²) in [5, 5.41) is 8.67. The fourth-order valence-corrected chi connectivity index (χ4v) is 1.57. The van der Waals surface area contributed by atoms with Crippen LogP contribution < -0.4 is 10.5 Å². The Morgan fingerprint density at radius 1 is 1.05 bits per heavy atom. The lowest BCUT2D eigenvalue weighted by atomic mass is 10.1. The smallest absolute Gasteiger partial charge is 0.420 e. The molecule has 0 saturated carbocycles. The molecule has 2 aromatic carbocycles. The third-order valence-electron chi connectivity index (χ3n) is 2.52. The Bertz CT molecular complexity index is 658. The van der Waals surface area contributed by atoms with Crippen LogP contribution in [0, 0.1) is 11.3 Å². The van der Waals surface area contributed by atoms with Crippen molar-refractivity contribution >= 4 is 5.69 Å². The normalized spacial score (nSPS) is 10.9. The summed E-state index contributed by atoms with van der Waals surface area (Å²) in [4.78, 5) is 0. The number of nitriles is 1. The van der Waals surface area contributed by atoms with Gasteiger partial charge in [0.1, 0.15) is 11.5 Å². The molecule has 0 saturated heterocycles. The van der Waals surface area contributed by atoms with Gasteiger partial charge in [-0.1, -0.05) is 0 Å². The van der Waals surface area contributed by atoms with Gasteiger partial charge in [-0.25, -0.2) is 0 Å². The van der Waals surface area contributed by atoms with Crippen molar-refractivity contribution in [3.05, 3.63) is 53.6 Å². The molecule has 0 radical (unpaired) electrons. The molecule has 3 nitrogen and oxygen atoms in total. The Morgan fingerprint density at radius 3 is 2.25 bits per heavy atom. The number of rotatable bonds is 2. The second kappa shape index (κ2) is 5.13. The summed E-state index contributed by atoms with van der Waals surface area (Å²) in [5.74, 6) is -0.129. The van der Waals surface area contributed by atoms with Crippen LogP contribution in [-0.2, 0) is 6.18 Å². The van der Waals surface area contributed by atoms with Crippen LogP contribution in [0.25, 0.3) is 0 Å². The number of anilines is 1. The van der Waals surface area contributed by atoms with Gasteiger partial charge >= 0.3 is 6.18 Å². The van der Waals surface area contributed by atoms with Crippen molar-refractivity contribution in [1.82, 2.24) is 0 Å². The summed E-state index contributed by atoms with van der Waals surface area (Å²) >= 11 is 0. The van der Waals surface area contributed by atoms with Crippen molar-refractivity contribution in [3.8, 4) is 17.6 Å². The van der Waals surface area contributed by atoms with Crippen LogP contribution in [0.1, 0.15) is 11.1 Å². The van der Waals surface area contributed by atoms with Crippen LogP contribution in [0.15, 0.2) is 42.5 Å². The minimum Gasteiger partial charge on any atom is -0.457 e. The minimum atomic E-state index is -4.60. The van der Waals surface area contributed by atoms with Crippen molar-refractivity contribution in [1.29, 1.82) is 5.26 Å². The average Bonchev–Trinajstić information content (AvgIpc) is 2.40. The van der Waals surface area contributed by atoms with E-state index in [9.17, 15) is 13.2 Å². The van der Waals surface area contributed by atoms with Crippen LogP contribution in [-0.4, -0.2) is 0 Å². The number of nitrogens with two attached hydrogens (primary N) is 1. The average molecular weight is 278 g/mol. The Balaban J connectivity index is 2.41. The number of nitrogens with zero attached hydrogens (tertiary/aromatic N) is 1. The highest BCUT2D eigenvalue weighted by Gasteiger charge is 2.35. The highest BCUT2D eigenvalue weighted by Crippen LogP contribution is 2.38. The van der Waals surface area contributed by atoms with Crippen molar-refractivity contribution in [2.24, 2.45) is 0 Å². The van der Waals surface area contributed by atoms with E-state index >= 15 is 0 Å². The van der Waals surface area contributed by atoms with Crippen LogP contribution in [0.4, 0.5) is 18.9 Å². The van der Waals surface area contributed by atoms with Crippen LogP contribution in [0.3, 0.4) is 0 Å². The van der Waals surface area contributed by atoms with E-state index in [-0.39, 0.29) is 17.1 Å². The molecule has 0 fully saturated rings. The second-order valence-electron chi connectivity index (χ2n) is 3.99. The summed E-state index contributed by atoms with van der Waals surface area (Å²) in [6.45, 7) is 0. The van der Waals surface area contributed by atoms with Crippen LogP contribution in [0.5, 0.6) is 11.5 Å². The molecule has 0 atom stereocenters. The first-order valence-corrected chi connectivity index (χ1v) is 5.55. The molecule has 6 heteroatoms. The zero-order valence-electron chi connectivity index (χ0n) is 10.1. The molecule has 0 heterocycles. The monoisotopic (exact) mass is 278 g/mol. The van der Waals surface area contributed by atoms with Gasteiger partial charge in [0.15, 0.2) is 0 Å². The van der Waals surface area contributed by atoms with Gasteiger partial charge in [-0.2, -0.15) is 18.4 Å². The highest BCUT2D eigenvalue weighted by molar-refractivity contribution is 5.47. The van der Waals surface area contributed by atoms with E-state index in [1.165, 1.54) is 30.3 Å². The predicted octanol–water partition coefficient (Wildman–Crippen LogP) is 3.95. The molecule has 0 amide bonds. The molecule has 0 aliphatic heterocycles. The van der Waals surface area contributed by atoms with Gasteiger partial charge in [0.25, 0.3) is 0 Å². The first kappa shape index (κ1) is 13.7. The highest BCUT2D eigenvalue weighted by atomic mass is 19.4. The number of alkyl halides is 3. The third kappa shape index (κ3) is 3.01. The standard InChI is InChI=1S/C14H9F3N2O/c15-14(16,17)12-7-9(8-18)1-6-13(12)20-11-4-2-10(19)3-5-11/h1-7H,19H2. The SMILES string of the molecule is N#Cc1ccc(Oc2ccc(N)cc2)c(C(F)(F)F)c1. The lowest BCUT2D eigenvalue weighted by molar-refractivity contribution is -0.138. The van der Waals surface area contributed by atoms with E-state index in [1.807, 2.05) is 0 Å². The van der Waals surface area contributed by atoms with Gasteiger partial charge in [0.05, 0.1) is 17.2 Å². The van der Waals surface area contributed by atoms with E-state index in [1.54, 1.807) is 6.07 Å². The molecule has 2 N–H and O–H groups in total. The van der Waals surface area contributed by atoms with Gasteiger partial charge in [0, 0.05) is 5.69 Å². The summed E-state index contributed by atoms with van der Waals surface area (Å²) in [7, 11) is 0. The first-order chi connectivity index (χ1) is 9.40. The number of halogens is 3. The topological polar surface area (TPSA) is 59.0 Å². The molecule has 2 aromatic rings. The molecular weight excluding hydrogens is 269 g/mol. The Hall–Kier alpha value is -2.68. The van der Waals surface area contributed by atoms with Crippen molar-refractivity contribution < 1.29 is 17.9 Å². The van der Waals surface area contributed by atoms with Gasteiger partial charge in [-0.05, 0) is 42.5 Å². The maximum absolute atomic E-state index is 12.9. The predicted molar refractivity (Wildman–Crippen MR) is 67.1 cm³/mol. The largest absolute Gasteiger partial charge is 0.457 e. The second-order valence-corrected chi connectivity index (χ2v) is 3.99. The lowest BCUT2D eigenvalue weighted by Crippen LogP contribution is -2.07. The fourth-order valence-electron chi connectivity index (χ4n) is 1.57. The van der Waals surface area contributed by atoms with Gasteiger partial charge < -0.3 is 10.5 Å². The maximum atomic E-state index is 12.9. The zero-order chi connectivity index (χ0) is 14.8. The van der Waals surface area contributed by atoms with Crippen LogP contribution in [0.2, 0.25) is 0 Å². The fraction of sp³-hybridized carbons (Fsp3) is 0.0714. The first-order valence-electron chi connectivity index (χ1n) is 5.55. The number of nitrogen functional groups attached to an aromatic ring is 1. The minimum absolute atomic E-state index is 0.0815. The molecule has 0 aromatic heterocycles. The van der Waals surface area contributed by atoms with E-state index in [2.05, 4.69) is 0 Å². The molecule has 0 bridgehead atoms. The molecule has 102 valence electrons. The third-order valence-corrected chi connectivity index (χ3v) is 2.52. The Kier molecular flexibility index (Phi) is 3.53.